The summed E-state index contributed by atoms with van der Waals surface area (Å²) < 4.78 is 10.7. The van der Waals surface area contributed by atoms with Crippen molar-refractivity contribution in [1.29, 1.82) is 0 Å². The van der Waals surface area contributed by atoms with Crippen molar-refractivity contribution in [3.8, 4) is 0 Å². The zero-order chi connectivity index (χ0) is 17.1. The first-order valence-electron chi connectivity index (χ1n) is 8.44. The summed E-state index contributed by atoms with van der Waals surface area (Å²) >= 11 is 0. The average molecular weight is 332 g/mol. The van der Waals surface area contributed by atoms with Crippen LogP contribution < -0.4 is 5.32 Å². The van der Waals surface area contributed by atoms with Crippen LogP contribution in [-0.4, -0.2) is 49.3 Å². The molecule has 24 heavy (non-hydrogen) atoms. The smallest absolute Gasteiger partial charge is 0.417 e. The molecule has 2 amide bonds. The normalized spacial score (nSPS) is 26.2. The number of nitrogens with one attached hydrogen (secondary N) is 1. The number of ether oxygens (including phenoxy) is 2. The molecule has 0 saturated carbocycles. The van der Waals surface area contributed by atoms with E-state index in [0.29, 0.717) is 0 Å². The Morgan fingerprint density at radius 2 is 2.12 bits per heavy atom. The van der Waals surface area contributed by atoms with Gasteiger partial charge in [-0.05, 0) is 24.9 Å². The minimum atomic E-state index is -0.574. The molecule has 2 aliphatic rings. The maximum absolute atomic E-state index is 13.0. The first-order chi connectivity index (χ1) is 11.6. The number of carbonyl (C=O) groups is 2. The van der Waals surface area contributed by atoms with Gasteiger partial charge >= 0.3 is 6.09 Å². The topological polar surface area (TPSA) is 67.9 Å². The second kappa shape index (κ2) is 7.32. The molecule has 2 heterocycles. The molecular weight excluding hydrogens is 308 g/mol. The molecule has 0 radical (unpaired) electrons. The summed E-state index contributed by atoms with van der Waals surface area (Å²) in [6.07, 6.45) is 1.21. The van der Waals surface area contributed by atoms with Crippen molar-refractivity contribution >= 4 is 12.0 Å². The molecule has 0 spiro atoms. The highest BCUT2D eigenvalue weighted by molar-refractivity contribution is 5.95. The molecule has 3 rings (SSSR count). The van der Waals surface area contributed by atoms with Gasteiger partial charge in [-0.3, -0.25) is 4.79 Å². The van der Waals surface area contributed by atoms with Crippen LogP contribution in [0.1, 0.15) is 31.4 Å². The van der Waals surface area contributed by atoms with Gasteiger partial charge in [0.05, 0.1) is 12.0 Å². The molecule has 2 fully saturated rings. The van der Waals surface area contributed by atoms with Gasteiger partial charge in [-0.1, -0.05) is 37.3 Å². The Bertz CT molecular complexity index is 586. The summed E-state index contributed by atoms with van der Waals surface area (Å²) in [7, 11) is 1.62. The van der Waals surface area contributed by atoms with E-state index in [0.717, 1.165) is 24.9 Å². The SMILES string of the molecule is COC(C1CCCN1)C(C)C(=O)N1C(=O)OCC1c1ccccc1. The quantitative estimate of drug-likeness (QED) is 0.894. The standard InChI is InChI=1S/C18H24N2O4/c1-12(16(23-2)14-9-6-10-19-14)17(21)20-15(11-24-18(20)22)13-7-4-3-5-8-13/h3-5,7-8,12,14-16,19H,6,9-11H2,1-2H3. The van der Waals surface area contributed by atoms with Gasteiger partial charge < -0.3 is 14.8 Å². The number of nitrogens with zero attached hydrogens (tertiary/aromatic N) is 1. The summed E-state index contributed by atoms with van der Waals surface area (Å²) in [5, 5.41) is 3.38. The highest BCUT2D eigenvalue weighted by atomic mass is 16.6. The van der Waals surface area contributed by atoms with Crippen LogP contribution in [0, 0.1) is 5.92 Å². The number of hydrogen-bond acceptors (Lipinski definition) is 5. The van der Waals surface area contributed by atoms with Gasteiger partial charge in [0.25, 0.3) is 0 Å². The van der Waals surface area contributed by atoms with Crippen molar-refractivity contribution in [2.45, 2.75) is 38.0 Å². The Balaban J connectivity index is 1.79. The molecule has 0 aromatic heterocycles. The summed E-state index contributed by atoms with van der Waals surface area (Å²) in [4.78, 5) is 26.4. The van der Waals surface area contributed by atoms with E-state index in [-0.39, 0.29) is 30.7 Å². The highest BCUT2D eigenvalue weighted by Gasteiger charge is 2.43. The first kappa shape index (κ1) is 16.9. The largest absolute Gasteiger partial charge is 0.446 e. The third kappa shape index (κ3) is 3.16. The fraction of sp³-hybridized carbons (Fsp3) is 0.556. The van der Waals surface area contributed by atoms with Crippen molar-refractivity contribution in [3.63, 3.8) is 0 Å². The number of hydrogen-bond donors (Lipinski definition) is 1. The second-order valence-electron chi connectivity index (χ2n) is 6.40. The van der Waals surface area contributed by atoms with Crippen molar-refractivity contribution < 1.29 is 19.1 Å². The molecule has 1 aromatic carbocycles. The molecule has 0 bridgehead atoms. The van der Waals surface area contributed by atoms with Crippen molar-refractivity contribution in [3.05, 3.63) is 35.9 Å². The van der Waals surface area contributed by atoms with E-state index in [4.69, 9.17) is 9.47 Å². The predicted octanol–water partition coefficient (Wildman–Crippen LogP) is 2.11. The Labute approximate surface area is 142 Å². The average Bonchev–Trinajstić information content (AvgIpc) is 3.25. The number of benzene rings is 1. The van der Waals surface area contributed by atoms with Crippen LogP contribution in [0.3, 0.4) is 0 Å². The summed E-state index contributed by atoms with van der Waals surface area (Å²) in [6.45, 7) is 2.95. The van der Waals surface area contributed by atoms with Crippen LogP contribution in [0.15, 0.2) is 30.3 Å². The monoisotopic (exact) mass is 332 g/mol. The third-order valence-electron chi connectivity index (χ3n) is 4.94. The number of cyclic esters (lactones) is 1. The molecule has 1 N–H and O–H groups in total. The number of methoxy groups -OCH3 is 1. The van der Waals surface area contributed by atoms with E-state index in [1.165, 1.54) is 4.90 Å². The van der Waals surface area contributed by atoms with E-state index in [9.17, 15) is 9.59 Å². The Hall–Kier alpha value is -1.92. The summed E-state index contributed by atoms with van der Waals surface area (Å²) in [5.74, 6) is -0.672. The second-order valence-corrected chi connectivity index (χ2v) is 6.40. The molecule has 130 valence electrons. The molecule has 4 unspecified atom stereocenters. The fourth-order valence-corrected chi connectivity index (χ4v) is 3.65. The number of amides is 2. The molecule has 0 aliphatic carbocycles. The lowest BCUT2D eigenvalue weighted by atomic mass is 9.94. The maximum atomic E-state index is 13.0. The van der Waals surface area contributed by atoms with Gasteiger partial charge in [-0.15, -0.1) is 0 Å². The maximum Gasteiger partial charge on any atom is 0.417 e. The van der Waals surface area contributed by atoms with E-state index in [1.807, 2.05) is 37.3 Å². The molecule has 2 aliphatic heterocycles. The van der Waals surface area contributed by atoms with E-state index in [2.05, 4.69) is 5.32 Å². The lowest BCUT2D eigenvalue weighted by Gasteiger charge is -2.30. The first-order valence-corrected chi connectivity index (χ1v) is 8.44. The third-order valence-corrected chi connectivity index (χ3v) is 4.94. The van der Waals surface area contributed by atoms with Gasteiger partial charge in [0.1, 0.15) is 12.6 Å². The van der Waals surface area contributed by atoms with Crippen molar-refractivity contribution in [1.82, 2.24) is 10.2 Å². The number of imide groups is 1. The molecule has 6 heteroatoms. The van der Waals surface area contributed by atoms with Gasteiger partial charge in [0, 0.05) is 13.2 Å². The van der Waals surface area contributed by atoms with E-state index in [1.54, 1.807) is 7.11 Å². The van der Waals surface area contributed by atoms with Crippen LogP contribution in [0.25, 0.3) is 0 Å². The van der Waals surface area contributed by atoms with Gasteiger partial charge in [0.2, 0.25) is 5.91 Å². The Morgan fingerprint density at radius 1 is 1.38 bits per heavy atom. The molecular formula is C18H24N2O4. The lowest BCUT2D eigenvalue weighted by Crippen LogP contribution is -2.48. The number of carbonyl (C=O) groups excluding carboxylic acids is 2. The van der Waals surface area contributed by atoms with Gasteiger partial charge in [0.15, 0.2) is 0 Å². The van der Waals surface area contributed by atoms with Gasteiger partial charge in [-0.2, -0.15) is 0 Å². The van der Waals surface area contributed by atoms with Crippen LogP contribution >= 0.6 is 0 Å². The lowest BCUT2D eigenvalue weighted by molar-refractivity contribution is -0.138. The zero-order valence-corrected chi connectivity index (χ0v) is 14.1. The molecule has 2 saturated heterocycles. The predicted molar refractivity (Wildman–Crippen MR) is 88.4 cm³/mol. The fourth-order valence-electron chi connectivity index (χ4n) is 3.65. The molecule has 1 aromatic rings. The zero-order valence-electron chi connectivity index (χ0n) is 14.1. The van der Waals surface area contributed by atoms with E-state index >= 15 is 0 Å². The highest BCUT2D eigenvalue weighted by Crippen LogP contribution is 2.31. The minimum absolute atomic E-state index is 0.141. The summed E-state index contributed by atoms with van der Waals surface area (Å²) in [5.41, 5.74) is 0.900. The minimum Gasteiger partial charge on any atom is -0.446 e. The van der Waals surface area contributed by atoms with Crippen LogP contribution in [-0.2, 0) is 14.3 Å². The Morgan fingerprint density at radius 3 is 2.75 bits per heavy atom. The van der Waals surface area contributed by atoms with Crippen LogP contribution in [0.2, 0.25) is 0 Å². The Kier molecular flexibility index (Phi) is 5.16. The van der Waals surface area contributed by atoms with Gasteiger partial charge in [-0.25, -0.2) is 9.69 Å². The summed E-state index contributed by atoms with van der Waals surface area (Å²) in [6, 6.07) is 9.27. The van der Waals surface area contributed by atoms with Crippen molar-refractivity contribution in [2.75, 3.05) is 20.3 Å². The van der Waals surface area contributed by atoms with Crippen molar-refractivity contribution in [2.24, 2.45) is 5.92 Å². The van der Waals surface area contributed by atoms with Crippen LogP contribution in [0.4, 0.5) is 4.79 Å². The molecule has 6 nitrogen and oxygen atoms in total. The van der Waals surface area contributed by atoms with E-state index < -0.39 is 12.0 Å². The number of rotatable bonds is 5. The molecule has 4 atom stereocenters. The van der Waals surface area contributed by atoms with Crippen LogP contribution in [0.5, 0.6) is 0 Å².